The number of carbonyl (C=O) groups is 1. The molecule has 0 saturated carbocycles. The monoisotopic (exact) mass is 412 g/mol. The number of carbonyl (C=O) groups excluding carboxylic acids is 1. The Balaban J connectivity index is 1.84. The molecule has 0 atom stereocenters. The summed E-state index contributed by atoms with van der Waals surface area (Å²) in [5.74, 6) is 1.26. The molecule has 0 radical (unpaired) electrons. The Bertz CT molecular complexity index is 1260. The van der Waals surface area contributed by atoms with Crippen LogP contribution in [0.2, 0.25) is 0 Å². The molecule has 1 heterocycles. The van der Waals surface area contributed by atoms with Crippen molar-refractivity contribution in [1.82, 2.24) is 4.98 Å². The molecule has 3 aromatic carbocycles. The second-order valence-corrected chi connectivity index (χ2v) is 7.45. The minimum absolute atomic E-state index is 0.194. The van der Waals surface area contributed by atoms with Gasteiger partial charge in [-0.3, -0.25) is 4.79 Å². The van der Waals surface area contributed by atoms with E-state index in [0.717, 1.165) is 39.0 Å². The highest BCUT2D eigenvalue weighted by Gasteiger charge is 2.16. The van der Waals surface area contributed by atoms with Crippen molar-refractivity contribution in [2.24, 2.45) is 0 Å². The Morgan fingerprint density at radius 3 is 2.32 bits per heavy atom. The van der Waals surface area contributed by atoms with Gasteiger partial charge in [-0.2, -0.15) is 0 Å². The maximum Gasteiger partial charge on any atom is 0.256 e. The SMILES string of the molecule is COc1ccc(-c2cc(C(=O)Nc3cccc(OC)c3)c3cc(C)cc(C)c3n2)cc1. The number of nitrogens with one attached hydrogen (secondary N) is 1. The number of nitrogens with zero attached hydrogens (tertiary/aromatic N) is 1. The van der Waals surface area contributed by atoms with Crippen molar-refractivity contribution in [1.29, 1.82) is 0 Å². The van der Waals surface area contributed by atoms with Crippen LogP contribution < -0.4 is 14.8 Å². The molecule has 1 N–H and O–H groups in total. The van der Waals surface area contributed by atoms with Gasteiger partial charge in [-0.05, 0) is 67.9 Å². The van der Waals surface area contributed by atoms with Gasteiger partial charge in [0.1, 0.15) is 11.5 Å². The summed E-state index contributed by atoms with van der Waals surface area (Å²) in [6.45, 7) is 4.04. The predicted octanol–water partition coefficient (Wildman–Crippen LogP) is 5.79. The van der Waals surface area contributed by atoms with Gasteiger partial charge >= 0.3 is 0 Å². The second kappa shape index (κ2) is 8.48. The summed E-state index contributed by atoms with van der Waals surface area (Å²) in [7, 11) is 3.24. The number of pyridine rings is 1. The van der Waals surface area contributed by atoms with Crippen LogP contribution in [-0.4, -0.2) is 25.1 Å². The smallest absolute Gasteiger partial charge is 0.256 e. The number of hydrogen-bond acceptors (Lipinski definition) is 4. The number of aryl methyl sites for hydroxylation is 2. The molecule has 0 fully saturated rings. The number of amides is 1. The molecule has 0 spiro atoms. The van der Waals surface area contributed by atoms with Crippen LogP contribution >= 0.6 is 0 Å². The van der Waals surface area contributed by atoms with E-state index >= 15 is 0 Å². The number of fused-ring (bicyclic) bond motifs is 1. The fourth-order valence-electron chi connectivity index (χ4n) is 3.68. The maximum absolute atomic E-state index is 13.3. The summed E-state index contributed by atoms with van der Waals surface area (Å²) in [4.78, 5) is 18.2. The molecule has 0 bridgehead atoms. The highest BCUT2D eigenvalue weighted by molar-refractivity contribution is 6.13. The average molecular weight is 412 g/mol. The van der Waals surface area contributed by atoms with E-state index in [9.17, 15) is 4.79 Å². The third kappa shape index (κ3) is 4.21. The fraction of sp³-hybridized carbons (Fsp3) is 0.154. The predicted molar refractivity (Wildman–Crippen MR) is 124 cm³/mol. The Hall–Kier alpha value is -3.86. The Labute approximate surface area is 181 Å². The lowest BCUT2D eigenvalue weighted by atomic mass is 9.99. The van der Waals surface area contributed by atoms with Crippen LogP contribution in [0, 0.1) is 13.8 Å². The van der Waals surface area contributed by atoms with E-state index in [0.29, 0.717) is 17.0 Å². The van der Waals surface area contributed by atoms with Crippen LogP contribution in [0.1, 0.15) is 21.5 Å². The molecule has 156 valence electrons. The Morgan fingerprint density at radius 2 is 1.61 bits per heavy atom. The maximum atomic E-state index is 13.3. The van der Waals surface area contributed by atoms with Crippen molar-refractivity contribution in [3.05, 3.63) is 83.4 Å². The zero-order chi connectivity index (χ0) is 22.0. The minimum Gasteiger partial charge on any atom is -0.497 e. The van der Waals surface area contributed by atoms with Crippen LogP contribution in [0.5, 0.6) is 11.5 Å². The van der Waals surface area contributed by atoms with Crippen LogP contribution in [0.3, 0.4) is 0 Å². The molecular weight excluding hydrogens is 388 g/mol. The molecular formula is C26H24N2O3. The van der Waals surface area contributed by atoms with Crippen LogP contribution in [0.15, 0.2) is 66.7 Å². The third-order valence-corrected chi connectivity index (χ3v) is 5.21. The summed E-state index contributed by atoms with van der Waals surface area (Å²) in [6.07, 6.45) is 0. The number of rotatable bonds is 5. The molecule has 0 aliphatic carbocycles. The normalized spacial score (nSPS) is 10.7. The van der Waals surface area contributed by atoms with E-state index < -0.39 is 0 Å². The van der Waals surface area contributed by atoms with Crippen LogP contribution in [-0.2, 0) is 0 Å². The first-order valence-electron chi connectivity index (χ1n) is 10.0. The summed E-state index contributed by atoms with van der Waals surface area (Å²) < 4.78 is 10.5. The number of aromatic nitrogens is 1. The first kappa shape index (κ1) is 20.4. The molecule has 0 unspecified atom stereocenters. The van der Waals surface area contributed by atoms with Gasteiger partial charge in [0.2, 0.25) is 0 Å². The zero-order valence-electron chi connectivity index (χ0n) is 18.0. The van der Waals surface area contributed by atoms with E-state index in [2.05, 4.69) is 11.4 Å². The number of hydrogen-bond donors (Lipinski definition) is 1. The van der Waals surface area contributed by atoms with Gasteiger partial charge in [0.25, 0.3) is 5.91 Å². The first-order chi connectivity index (χ1) is 15.0. The molecule has 0 aliphatic heterocycles. The lowest BCUT2D eigenvalue weighted by molar-refractivity contribution is 0.102. The Kier molecular flexibility index (Phi) is 5.58. The third-order valence-electron chi connectivity index (χ3n) is 5.21. The highest BCUT2D eigenvalue weighted by Crippen LogP contribution is 2.29. The van der Waals surface area contributed by atoms with Crippen molar-refractivity contribution in [2.75, 3.05) is 19.5 Å². The van der Waals surface area contributed by atoms with E-state index in [-0.39, 0.29) is 5.91 Å². The molecule has 0 aliphatic rings. The zero-order valence-corrected chi connectivity index (χ0v) is 18.0. The van der Waals surface area contributed by atoms with Crippen molar-refractivity contribution < 1.29 is 14.3 Å². The first-order valence-corrected chi connectivity index (χ1v) is 10.0. The molecule has 31 heavy (non-hydrogen) atoms. The number of benzene rings is 3. The topological polar surface area (TPSA) is 60.5 Å². The lowest BCUT2D eigenvalue weighted by Crippen LogP contribution is -2.13. The summed E-state index contributed by atoms with van der Waals surface area (Å²) in [5, 5.41) is 3.82. The van der Waals surface area contributed by atoms with Crippen LogP contribution in [0.4, 0.5) is 5.69 Å². The number of ether oxygens (including phenoxy) is 2. The summed E-state index contributed by atoms with van der Waals surface area (Å²) in [6, 6.07) is 20.9. The van der Waals surface area contributed by atoms with Gasteiger partial charge < -0.3 is 14.8 Å². The van der Waals surface area contributed by atoms with E-state index in [1.807, 2.05) is 68.4 Å². The van der Waals surface area contributed by atoms with Crippen molar-refractivity contribution in [3.8, 4) is 22.8 Å². The standard InChI is InChI=1S/C26H24N2O3/c1-16-12-17(2)25-22(13-16)23(26(29)27-19-6-5-7-21(14-19)31-4)15-24(28-25)18-8-10-20(30-3)11-9-18/h5-15H,1-4H3,(H,27,29). The minimum atomic E-state index is -0.194. The van der Waals surface area contributed by atoms with Gasteiger partial charge in [-0.15, -0.1) is 0 Å². The lowest BCUT2D eigenvalue weighted by Gasteiger charge is -2.13. The number of anilines is 1. The van der Waals surface area contributed by atoms with Gasteiger partial charge in [0.15, 0.2) is 0 Å². The van der Waals surface area contributed by atoms with Gasteiger partial charge in [-0.1, -0.05) is 17.7 Å². The van der Waals surface area contributed by atoms with E-state index in [4.69, 9.17) is 14.5 Å². The molecule has 4 rings (SSSR count). The summed E-state index contributed by atoms with van der Waals surface area (Å²) >= 11 is 0. The molecule has 1 aromatic heterocycles. The fourth-order valence-corrected chi connectivity index (χ4v) is 3.68. The van der Waals surface area contributed by atoms with Crippen LogP contribution in [0.25, 0.3) is 22.2 Å². The molecule has 5 heteroatoms. The van der Waals surface area contributed by atoms with Gasteiger partial charge in [0.05, 0.1) is 31.0 Å². The highest BCUT2D eigenvalue weighted by atomic mass is 16.5. The molecule has 0 saturated heterocycles. The Morgan fingerprint density at radius 1 is 0.871 bits per heavy atom. The van der Waals surface area contributed by atoms with Gasteiger partial charge in [-0.25, -0.2) is 4.98 Å². The van der Waals surface area contributed by atoms with Crippen molar-refractivity contribution in [3.63, 3.8) is 0 Å². The average Bonchev–Trinajstić information content (AvgIpc) is 2.78. The van der Waals surface area contributed by atoms with E-state index in [1.54, 1.807) is 20.3 Å². The van der Waals surface area contributed by atoms with Gasteiger partial charge in [0, 0.05) is 22.7 Å². The molecule has 1 amide bonds. The van der Waals surface area contributed by atoms with Crippen molar-refractivity contribution in [2.45, 2.75) is 13.8 Å². The second-order valence-electron chi connectivity index (χ2n) is 7.45. The molecule has 5 nitrogen and oxygen atoms in total. The van der Waals surface area contributed by atoms with E-state index in [1.165, 1.54) is 0 Å². The quantitative estimate of drug-likeness (QED) is 0.451. The summed E-state index contributed by atoms with van der Waals surface area (Å²) in [5.41, 5.74) is 5.82. The largest absolute Gasteiger partial charge is 0.497 e. The number of methoxy groups -OCH3 is 2. The molecule has 4 aromatic rings. The van der Waals surface area contributed by atoms with Crippen molar-refractivity contribution >= 4 is 22.5 Å².